The predicted octanol–water partition coefficient (Wildman–Crippen LogP) is 3.19. The van der Waals surface area contributed by atoms with Crippen molar-refractivity contribution in [1.29, 1.82) is 0 Å². The van der Waals surface area contributed by atoms with E-state index in [0.717, 1.165) is 11.3 Å². The zero-order chi connectivity index (χ0) is 13.2. The number of hydrogen-bond acceptors (Lipinski definition) is 4. The molecule has 5 nitrogen and oxygen atoms in total. The number of nitrogens with one attached hydrogen (secondary N) is 1. The molecule has 0 atom stereocenters. The van der Waals surface area contributed by atoms with E-state index >= 15 is 0 Å². The van der Waals surface area contributed by atoms with E-state index in [1.165, 1.54) is 25.7 Å². The zero-order valence-corrected chi connectivity index (χ0v) is 11.4. The van der Waals surface area contributed by atoms with Gasteiger partial charge in [0.1, 0.15) is 5.52 Å². The van der Waals surface area contributed by atoms with Gasteiger partial charge in [0.2, 0.25) is 5.28 Å². The van der Waals surface area contributed by atoms with E-state index in [4.69, 9.17) is 11.6 Å². The van der Waals surface area contributed by atoms with Crippen molar-refractivity contribution in [2.45, 2.75) is 31.7 Å². The van der Waals surface area contributed by atoms with Crippen LogP contribution in [0.1, 0.15) is 31.7 Å². The maximum atomic E-state index is 5.93. The smallest absolute Gasteiger partial charge is 0.226 e. The van der Waals surface area contributed by atoms with Crippen molar-refractivity contribution in [3.8, 4) is 0 Å². The number of anilines is 1. The molecule has 1 fully saturated rings. The fourth-order valence-electron chi connectivity index (χ4n) is 2.67. The van der Waals surface area contributed by atoms with E-state index in [0.29, 0.717) is 18.2 Å². The second-order valence-corrected chi connectivity index (χ2v) is 5.11. The maximum Gasteiger partial charge on any atom is 0.226 e. The van der Waals surface area contributed by atoms with E-state index in [9.17, 15) is 0 Å². The molecule has 0 saturated heterocycles. The van der Waals surface area contributed by atoms with Crippen molar-refractivity contribution in [3.63, 3.8) is 0 Å². The predicted molar refractivity (Wildman–Crippen MR) is 76.5 cm³/mol. The maximum absolute atomic E-state index is 5.93. The van der Waals surface area contributed by atoms with Crippen LogP contribution in [0.4, 0.5) is 5.82 Å². The summed E-state index contributed by atoms with van der Waals surface area (Å²) in [7, 11) is 0. The number of imidazole rings is 1. The van der Waals surface area contributed by atoms with Gasteiger partial charge in [-0.1, -0.05) is 18.9 Å². The van der Waals surface area contributed by atoms with Crippen LogP contribution in [-0.2, 0) is 0 Å². The third kappa shape index (κ3) is 2.30. The molecule has 0 amide bonds. The van der Waals surface area contributed by atoms with Gasteiger partial charge in [-0.05, 0) is 24.4 Å². The summed E-state index contributed by atoms with van der Waals surface area (Å²) in [6, 6.07) is 0.499. The molecule has 0 radical (unpaired) electrons. The van der Waals surface area contributed by atoms with Gasteiger partial charge in [0.05, 0.1) is 6.33 Å². The van der Waals surface area contributed by atoms with Gasteiger partial charge in [-0.15, -0.1) is 6.58 Å². The van der Waals surface area contributed by atoms with E-state index in [1.54, 1.807) is 6.08 Å². The summed E-state index contributed by atoms with van der Waals surface area (Å²) in [6.07, 6.45) is 8.56. The van der Waals surface area contributed by atoms with Crippen LogP contribution in [0, 0.1) is 0 Å². The first kappa shape index (κ1) is 12.4. The number of rotatable bonds is 4. The molecule has 0 aromatic carbocycles. The standard InChI is InChI=1S/C13H16ClN5/c1-2-7-15-11-10-12(18-13(14)17-11)16-8-19(10)9-5-3-4-6-9/h2,8-9H,1,3-7H2,(H,15,17,18). The Kier molecular flexibility index (Phi) is 3.38. The minimum absolute atomic E-state index is 0.218. The molecule has 2 aromatic rings. The summed E-state index contributed by atoms with van der Waals surface area (Å²) in [6.45, 7) is 4.34. The Morgan fingerprint density at radius 2 is 2.21 bits per heavy atom. The molecular formula is C13H16ClN5. The molecule has 1 aliphatic carbocycles. The fraction of sp³-hybridized carbons (Fsp3) is 0.462. The third-order valence-electron chi connectivity index (χ3n) is 3.53. The second-order valence-electron chi connectivity index (χ2n) is 4.77. The molecule has 1 aliphatic rings. The number of halogens is 1. The van der Waals surface area contributed by atoms with Crippen LogP contribution in [-0.4, -0.2) is 26.1 Å². The van der Waals surface area contributed by atoms with Crippen LogP contribution < -0.4 is 5.32 Å². The summed E-state index contributed by atoms with van der Waals surface area (Å²) >= 11 is 5.93. The zero-order valence-electron chi connectivity index (χ0n) is 10.6. The van der Waals surface area contributed by atoms with E-state index < -0.39 is 0 Å². The lowest BCUT2D eigenvalue weighted by Crippen LogP contribution is -2.08. The molecule has 0 unspecified atom stereocenters. The van der Waals surface area contributed by atoms with Gasteiger partial charge < -0.3 is 9.88 Å². The molecule has 2 aromatic heterocycles. The average Bonchev–Trinajstić information content (AvgIpc) is 3.03. The topological polar surface area (TPSA) is 55.6 Å². The summed E-state index contributed by atoms with van der Waals surface area (Å²) in [5, 5.41) is 3.43. The number of fused-ring (bicyclic) bond motifs is 1. The Bertz CT molecular complexity index is 600. The molecule has 0 spiro atoms. The van der Waals surface area contributed by atoms with Crippen LogP contribution in [0.3, 0.4) is 0 Å². The lowest BCUT2D eigenvalue weighted by molar-refractivity contribution is 0.532. The molecule has 2 heterocycles. The molecular weight excluding hydrogens is 262 g/mol. The normalized spacial score (nSPS) is 16.1. The van der Waals surface area contributed by atoms with Crippen molar-refractivity contribution in [2.24, 2.45) is 0 Å². The van der Waals surface area contributed by atoms with E-state index in [-0.39, 0.29) is 5.28 Å². The Balaban J connectivity index is 2.09. The fourth-order valence-corrected chi connectivity index (χ4v) is 2.83. The van der Waals surface area contributed by atoms with Crippen LogP contribution >= 0.6 is 11.6 Å². The van der Waals surface area contributed by atoms with Gasteiger partial charge in [-0.2, -0.15) is 9.97 Å². The monoisotopic (exact) mass is 277 g/mol. The SMILES string of the molecule is C=CCNc1nc(Cl)nc2ncn(C3CCCC3)c12. The molecule has 0 bridgehead atoms. The molecule has 1 saturated carbocycles. The van der Waals surface area contributed by atoms with Crippen molar-refractivity contribution in [1.82, 2.24) is 19.5 Å². The summed E-state index contributed by atoms with van der Waals surface area (Å²) in [4.78, 5) is 12.8. The Morgan fingerprint density at radius 3 is 2.95 bits per heavy atom. The van der Waals surface area contributed by atoms with Gasteiger partial charge in [-0.25, -0.2) is 4.98 Å². The number of aromatic nitrogens is 4. The van der Waals surface area contributed by atoms with E-state index in [2.05, 4.69) is 31.4 Å². The van der Waals surface area contributed by atoms with Crippen molar-refractivity contribution < 1.29 is 0 Å². The van der Waals surface area contributed by atoms with Crippen molar-refractivity contribution in [3.05, 3.63) is 24.3 Å². The number of nitrogens with zero attached hydrogens (tertiary/aromatic N) is 4. The first-order valence-electron chi connectivity index (χ1n) is 6.54. The van der Waals surface area contributed by atoms with Crippen LogP contribution in [0.5, 0.6) is 0 Å². The molecule has 0 aliphatic heterocycles. The highest BCUT2D eigenvalue weighted by atomic mass is 35.5. The molecule has 19 heavy (non-hydrogen) atoms. The molecule has 100 valence electrons. The van der Waals surface area contributed by atoms with Gasteiger partial charge in [0.15, 0.2) is 11.5 Å². The highest BCUT2D eigenvalue weighted by Gasteiger charge is 2.21. The highest BCUT2D eigenvalue weighted by molar-refractivity contribution is 6.28. The minimum atomic E-state index is 0.218. The number of hydrogen-bond donors (Lipinski definition) is 1. The summed E-state index contributed by atoms with van der Waals surface area (Å²) < 4.78 is 2.18. The van der Waals surface area contributed by atoms with Gasteiger partial charge in [0.25, 0.3) is 0 Å². The van der Waals surface area contributed by atoms with Crippen molar-refractivity contribution >= 4 is 28.6 Å². The lowest BCUT2D eigenvalue weighted by Gasteiger charge is -2.14. The summed E-state index contributed by atoms with van der Waals surface area (Å²) in [5.74, 6) is 0.735. The van der Waals surface area contributed by atoms with Crippen molar-refractivity contribution in [2.75, 3.05) is 11.9 Å². The first-order chi connectivity index (χ1) is 9.29. The molecule has 6 heteroatoms. The highest BCUT2D eigenvalue weighted by Crippen LogP contribution is 2.33. The van der Waals surface area contributed by atoms with Crippen LogP contribution in [0.25, 0.3) is 11.2 Å². The molecule has 1 N–H and O–H groups in total. The molecule has 3 rings (SSSR count). The van der Waals surface area contributed by atoms with E-state index in [1.807, 2.05) is 6.33 Å². The van der Waals surface area contributed by atoms with Gasteiger partial charge in [0, 0.05) is 12.6 Å². The summed E-state index contributed by atoms with van der Waals surface area (Å²) in [5.41, 5.74) is 1.59. The third-order valence-corrected chi connectivity index (χ3v) is 3.70. The second kappa shape index (κ2) is 5.17. The Labute approximate surface area is 116 Å². The lowest BCUT2D eigenvalue weighted by atomic mass is 10.2. The van der Waals surface area contributed by atoms with Crippen LogP contribution in [0.2, 0.25) is 5.28 Å². The van der Waals surface area contributed by atoms with Gasteiger partial charge >= 0.3 is 0 Å². The Hall–Kier alpha value is -1.62. The average molecular weight is 278 g/mol. The van der Waals surface area contributed by atoms with Gasteiger partial charge in [-0.3, -0.25) is 0 Å². The quantitative estimate of drug-likeness (QED) is 0.689. The minimum Gasteiger partial charge on any atom is -0.365 e. The van der Waals surface area contributed by atoms with Crippen LogP contribution in [0.15, 0.2) is 19.0 Å². The first-order valence-corrected chi connectivity index (χ1v) is 6.92. The largest absolute Gasteiger partial charge is 0.365 e. The Morgan fingerprint density at radius 1 is 1.42 bits per heavy atom.